The Bertz CT molecular complexity index is 434. The fourth-order valence-corrected chi connectivity index (χ4v) is 2.15. The lowest BCUT2D eigenvalue weighted by atomic mass is 9.95. The van der Waals surface area contributed by atoms with Gasteiger partial charge in [-0.2, -0.15) is 8.78 Å². The molecule has 0 aromatic heterocycles. The van der Waals surface area contributed by atoms with Crippen LogP contribution in [0, 0.1) is 0 Å². The Morgan fingerprint density at radius 1 is 1.45 bits per heavy atom. The number of allylic oxidation sites excluding steroid dienone is 3. The van der Waals surface area contributed by atoms with Gasteiger partial charge in [0.2, 0.25) is 0 Å². The van der Waals surface area contributed by atoms with E-state index in [4.69, 9.17) is 9.47 Å². The molecule has 20 heavy (non-hydrogen) atoms. The summed E-state index contributed by atoms with van der Waals surface area (Å²) in [6.45, 7) is 11.3. The average Bonchev–Trinajstić information content (AvgIpc) is 2.70. The zero-order chi connectivity index (χ0) is 15.6. The first-order valence-corrected chi connectivity index (χ1v) is 7.04. The maximum atomic E-state index is 13.5. The predicted octanol–water partition coefficient (Wildman–Crippen LogP) is 4.50. The van der Waals surface area contributed by atoms with Gasteiger partial charge in [0, 0.05) is 17.6 Å². The quantitative estimate of drug-likeness (QED) is 0.595. The Balaban J connectivity index is 3.27. The summed E-state index contributed by atoms with van der Waals surface area (Å²) in [5.41, 5.74) is 0.829. The molecule has 0 bridgehead atoms. The summed E-state index contributed by atoms with van der Waals surface area (Å²) in [7, 11) is 0. The zero-order valence-electron chi connectivity index (χ0n) is 12.4. The summed E-state index contributed by atoms with van der Waals surface area (Å²) >= 11 is 3.32. The summed E-state index contributed by atoms with van der Waals surface area (Å²) in [6, 6.07) is 0. The van der Waals surface area contributed by atoms with Crippen LogP contribution in [0.2, 0.25) is 0 Å². The van der Waals surface area contributed by atoms with Crippen molar-refractivity contribution < 1.29 is 18.3 Å². The molecule has 1 aliphatic heterocycles. The molecule has 0 aromatic carbocycles. The van der Waals surface area contributed by atoms with Crippen LogP contribution in [0.3, 0.4) is 0 Å². The van der Waals surface area contributed by atoms with Crippen molar-refractivity contribution in [2.75, 3.05) is 6.61 Å². The maximum absolute atomic E-state index is 13.5. The van der Waals surface area contributed by atoms with E-state index in [1.54, 1.807) is 12.2 Å². The standard InChI is InChI=1S/C15H22F2O2S/c1-6-14(18-9-11(4)19-14)13(8-7-10(2)3)12(5)15(16,17)20/h7-8,11,20H,5-6,9H2,1-4H3/b13-8+. The van der Waals surface area contributed by atoms with Crippen molar-refractivity contribution in [2.45, 2.75) is 51.3 Å². The normalized spacial score (nSPS) is 27.6. The van der Waals surface area contributed by atoms with Crippen LogP contribution in [0.5, 0.6) is 0 Å². The molecular formula is C15H22F2O2S. The Labute approximate surface area is 124 Å². The minimum absolute atomic E-state index is 0.147. The first kappa shape index (κ1) is 17.4. The number of thiol groups is 1. The number of hydrogen-bond donors (Lipinski definition) is 1. The summed E-state index contributed by atoms with van der Waals surface area (Å²) < 4.78 is 38.5. The lowest BCUT2D eigenvalue weighted by molar-refractivity contribution is -0.137. The Kier molecular flexibility index (Phi) is 5.58. The number of halogens is 2. The third kappa shape index (κ3) is 3.93. The minimum Gasteiger partial charge on any atom is -0.343 e. The van der Waals surface area contributed by atoms with Gasteiger partial charge in [0.15, 0.2) is 5.79 Å². The van der Waals surface area contributed by atoms with Crippen LogP contribution in [0.25, 0.3) is 0 Å². The molecule has 0 saturated carbocycles. The fourth-order valence-electron chi connectivity index (χ4n) is 2.03. The van der Waals surface area contributed by atoms with E-state index in [-0.39, 0.29) is 11.7 Å². The smallest absolute Gasteiger partial charge is 0.316 e. The van der Waals surface area contributed by atoms with E-state index in [1.807, 2.05) is 27.7 Å². The van der Waals surface area contributed by atoms with Gasteiger partial charge in [-0.15, -0.1) is 12.6 Å². The van der Waals surface area contributed by atoms with Crippen LogP contribution in [-0.4, -0.2) is 23.8 Å². The molecule has 0 amide bonds. The highest BCUT2D eigenvalue weighted by molar-refractivity contribution is 7.81. The van der Waals surface area contributed by atoms with Crippen molar-refractivity contribution in [3.63, 3.8) is 0 Å². The lowest BCUT2D eigenvalue weighted by Crippen LogP contribution is -2.35. The molecule has 0 aromatic rings. The third-order valence-electron chi connectivity index (χ3n) is 3.09. The third-order valence-corrected chi connectivity index (χ3v) is 3.36. The second kappa shape index (κ2) is 6.41. The molecule has 2 atom stereocenters. The summed E-state index contributed by atoms with van der Waals surface area (Å²) in [5.74, 6) is -1.17. The van der Waals surface area contributed by atoms with Crippen molar-refractivity contribution in [3.05, 3.63) is 35.5 Å². The van der Waals surface area contributed by atoms with E-state index in [9.17, 15) is 8.78 Å². The second-order valence-corrected chi connectivity index (χ2v) is 5.75. The maximum Gasteiger partial charge on any atom is 0.316 e. The SMILES string of the molecule is C=C(/C(=C\C=C(C)C)C1(CC)OCC(C)O1)C(F)(F)S. The molecule has 1 rings (SSSR count). The van der Waals surface area contributed by atoms with Crippen LogP contribution in [-0.2, 0) is 9.47 Å². The topological polar surface area (TPSA) is 18.5 Å². The number of ether oxygens (including phenoxy) is 2. The van der Waals surface area contributed by atoms with Gasteiger partial charge in [0.05, 0.1) is 12.7 Å². The minimum atomic E-state index is -3.32. The molecule has 0 radical (unpaired) electrons. The van der Waals surface area contributed by atoms with Crippen LogP contribution in [0.15, 0.2) is 35.5 Å². The van der Waals surface area contributed by atoms with Gasteiger partial charge in [0.1, 0.15) is 0 Å². The van der Waals surface area contributed by atoms with E-state index in [2.05, 4.69) is 19.2 Å². The summed E-state index contributed by atoms with van der Waals surface area (Å²) in [6.07, 6.45) is 3.60. The molecule has 1 heterocycles. The van der Waals surface area contributed by atoms with Gasteiger partial charge >= 0.3 is 5.25 Å². The first-order chi connectivity index (χ1) is 9.12. The largest absolute Gasteiger partial charge is 0.343 e. The average molecular weight is 304 g/mol. The molecular weight excluding hydrogens is 282 g/mol. The number of rotatable bonds is 5. The van der Waals surface area contributed by atoms with Crippen molar-refractivity contribution >= 4 is 12.6 Å². The fraction of sp³-hybridized carbons (Fsp3) is 0.600. The molecule has 1 saturated heterocycles. The van der Waals surface area contributed by atoms with Crippen molar-refractivity contribution in [2.24, 2.45) is 0 Å². The Morgan fingerprint density at radius 3 is 2.40 bits per heavy atom. The molecule has 5 heteroatoms. The van der Waals surface area contributed by atoms with Gasteiger partial charge in [-0.05, 0) is 20.8 Å². The van der Waals surface area contributed by atoms with Crippen LogP contribution in [0.4, 0.5) is 8.78 Å². The highest BCUT2D eigenvalue weighted by atomic mass is 32.1. The van der Waals surface area contributed by atoms with E-state index in [1.165, 1.54) is 0 Å². The van der Waals surface area contributed by atoms with E-state index < -0.39 is 16.6 Å². The van der Waals surface area contributed by atoms with Gasteiger partial charge in [-0.25, -0.2) is 0 Å². The zero-order valence-corrected chi connectivity index (χ0v) is 13.3. The molecule has 1 fully saturated rings. The van der Waals surface area contributed by atoms with Crippen LogP contribution in [0.1, 0.15) is 34.1 Å². The van der Waals surface area contributed by atoms with Crippen molar-refractivity contribution in [1.82, 2.24) is 0 Å². The molecule has 0 N–H and O–H groups in total. The van der Waals surface area contributed by atoms with E-state index >= 15 is 0 Å². The van der Waals surface area contributed by atoms with Gasteiger partial charge in [-0.3, -0.25) is 0 Å². The highest BCUT2D eigenvalue weighted by Gasteiger charge is 2.46. The van der Waals surface area contributed by atoms with E-state index in [0.29, 0.717) is 13.0 Å². The molecule has 0 spiro atoms. The lowest BCUT2D eigenvalue weighted by Gasteiger charge is -2.32. The van der Waals surface area contributed by atoms with Crippen LogP contribution < -0.4 is 0 Å². The monoisotopic (exact) mass is 304 g/mol. The Morgan fingerprint density at radius 2 is 2.05 bits per heavy atom. The van der Waals surface area contributed by atoms with Gasteiger partial charge < -0.3 is 9.47 Å². The summed E-state index contributed by atoms with van der Waals surface area (Å²) in [5, 5.41) is -3.32. The first-order valence-electron chi connectivity index (χ1n) is 6.59. The van der Waals surface area contributed by atoms with Gasteiger partial charge in [0.25, 0.3) is 0 Å². The Hall–Kier alpha value is -0.650. The van der Waals surface area contributed by atoms with Crippen molar-refractivity contribution in [1.29, 1.82) is 0 Å². The molecule has 0 aliphatic carbocycles. The summed E-state index contributed by atoms with van der Waals surface area (Å²) in [4.78, 5) is 0. The highest BCUT2D eigenvalue weighted by Crippen LogP contribution is 2.43. The number of hydrogen-bond acceptors (Lipinski definition) is 3. The predicted molar refractivity (Wildman–Crippen MR) is 80.1 cm³/mol. The molecule has 114 valence electrons. The van der Waals surface area contributed by atoms with Crippen molar-refractivity contribution in [3.8, 4) is 0 Å². The molecule has 1 aliphatic rings. The van der Waals surface area contributed by atoms with Gasteiger partial charge in [-0.1, -0.05) is 31.2 Å². The number of alkyl halides is 2. The molecule has 2 nitrogen and oxygen atoms in total. The van der Waals surface area contributed by atoms with E-state index in [0.717, 1.165) is 5.57 Å². The second-order valence-electron chi connectivity index (χ2n) is 5.19. The molecule has 2 unspecified atom stereocenters. The van der Waals surface area contributed by atoms with Crippen LogP contribution >= 0.6 is 12.6 Å².